The summed E-state index contributed by atoms with van der Waals surface area (Å²) in [6.45, 7) is -0.0637. The standard InChI is InChI=1S/C24H19FN4O4/c25-18-8-4-5-15(13-18)14-26-22(30)20-21(28-24(32)29(33)23(20)31)27-19-11-9-17(10-12-19)16-6-2-1-3-7-16/h1-13,27,33H,14H2,(H,26,30)(H,28,32). The molecule has 0 aliphatic heterocycles. The molecule has 8 nitrogen and oxygen atoms in total. The van der Waals surface area contributed by atoms with E-state index < -0.39 is 28.5 Å². The molecule has 0 spiro atoms. The Hall–Kier alpha value is -4.66. The van der Waals surface area contributed by atoms with Gasteiger partial charge in [0.15, 0.2) is 0 Å². The lowest BCUT2D eigenvalue weighted by atomic mass is 10.1. The van der Waals surface area contributed by atoms with Crippen LogP contribution in [0.3, 0.4) is 0 Å². The highest BCUT2D eigenvalue weighted by atomic mass is 19.1. The molecule has 1 heterocycles. The van der Waals surface area contributed by atoms with E-state index in [4.69, 9.17) is 0 Å². The van der Waals surface area contributed by atoms with E-state index in [0.29, 0.717) is 11.3 Å². The SMILES string of the molecule is O=C(NCc1cccc(F)c1)c1c(Nc2ccc(-c3ccccc3)cc2)[nH]c(=O)n(O)c1=O. The number of benzene rings is 3. The first kappa shape index (κ1) is 21.6. The maximum Gasteiger partial charge on any atom is 0.363 e. The van der Waals surface area contributed by atoms with Gasteiger partial charge in [-0.2, -0.15) is 0 Å². The number of nitrogens with one attached hydrogen (secondary N) is 3. The van der Waals surface area contributed by atoms with E-state index in [1.165, 1.54) is 18.2 Å². The van der Waals surface area contributed by atoms with Crippen LogP contribution >= 0.6 is 0 Å². The molecule has 0 aliphatic carbocycles. The minimum atomic E-state index is -1.20. The van der Waals surface area contributed by atoms with Gasteiger partial charge in [0.1, 0.15) is 17.2 Å². The van der Waals surface area contributed by atoms with Crippen molar-refractivity contribution < 1.29 is 14.4 Å². The van der Waals surface area contributed by atoms with Crippen LogP contribution in [0.4, 0.5) is 15.9 Å². The summed E-state index contributed by atoms with van der Waals surface area (Å²) in [5.74, 6) is -1.50. The zero-order valence-corrected chi connectivity index (χ0v) is 17.2. The van der Waals surface area contributed by atoms with Crippen molar-refractivity contribution in [1.29, 1.82) is 0 Å². The van der Waals surface area contributed by atoms with Gasteiger partial charge in [0.2, 0.25) is 0 Å². The average molecular weight is 446 g/mol. The van der Waals surface area contributed by atoms with Gasteiger partial charge >= 0.3 is 11.2 Å². The molecule has 4 aromatic rings. The van der Waals surface area contributed by atoms with Gasteiger partial charge in [-0.15, -0.1) is 0 Å². The van der Waals surface area contributed by atoms with Gasteiger partial charge in [-0.1, -0.05) is 59.3 Å². The van der Waals surface area contributed by atoms with E-state index in [9.17, 15) is 24.0 Å². The fourth-order valence-electron chi connectivity index (χ4n) is 3.27. The number of carbonyl (C=O) groups excluding carboxylic acids is 1. The first-order chi connectivity index (χ1) is 15.9. The number of amides is 1. The lowest BCUT2D eigenvalue weighted by Gasteiger charge is -2.13. The van der Waals surface area contributed by atoms with Gasteiger partial charge in [-0.3, -0.25) is 14.6 Å². The van der Waals surface area contributed by atoms with Crippen molar-refractivity contribution in [3.8, 4) is 11.1 Å². The molecule has 0 saturated heterocycles. The highest BCUT2D eigenvalue weighted by Crippen LogP contribution is 2.23. The smallest absolute Gasteiger partial charge is 0.363 e. The van der Waals surface area contributed by atoms with Crippen LogP contribution in [0, 0.1) is 5.82 Å². The van der Waals surface area contributed by atoms with Crippen molar-refractivity contribution in [3.05, 3.63) is 117 Å². The van der Waals surface area contributed by atoms with Crippen molar-refractivity contribution >= 4 is 17.4 Å². The second kappa shape index (κ2) is 9.23. The third kappa shape index (κ3) is 4.82. The Morgan fingerprint density at radius 2 is 1.64 bits per heavy atom. The predicted octanol–water partition coefficient (Wildman–Crippen LogP) is 3.25. The second-order valence-electron chi connectivity index (χ2n) is 7.18. The van der Waals surface area contributed by atoms with Gasteiger partial charge in [0, 0.05) is 12.2 Å². The Bertz CT molecular complexity index is 1410. The van der Waals surface area contributed by atoms with Crippen molar-refractivity contribution in [2.75, 3.05) is 5.32 Å². The van der Waals surface area contributed by atoms with Crippen LogP contribution in [0.1, 0.15) is 15.9 Å². The summed E-state index contributed by atoms with van der Waals surface area (Å²) in [7, 11) is 0. The fourth-order valence-corrected chi connectivity index (χ4v) is 3.27. The number of aromatic amines is 1. The van der Waals surface area contributed by atoms with E-state index in [1.54, 1.807) is 18.2 Å². The minimum Gasteiger partial charge on any atom is -0.421 e. The van der Waals surface area contributed by atoms with E-state index in [2.05, 4.69) is 15.6 Å². The molecule has 0 aliphatic rings. The number of H-pyrrole nitrogens is 1. The number of anilines is 2. The predicted molar refractivity (Wildman–Crippen MR) is 121 cm³/mol. The van der Waals surface area contributed by atoms with Crippen LogP contribution in [0.15, 0.2) is 88.5 Å². The zero-order chi connectivity index (χ0) is 23.4. The molecule has 0 atom stereocenters. The van der Waals surface area contributed by atoms with Crippen LogP contribution in [-0.4, -0.2) is 20.8 Å². The summed E-state index contributed by atoms with van der Waals surface area (Å²) < 4.78 is 13.2. The summed E-state index contributed by atoms with van der Waals surface area (Å²) in [6, 6.07) is 22.4. The number of carbonyl (C=O) groups is 1. The molecule has 0 unspecified atom stereocenters. The quantitative estimate of drug-likeness (QED) is 0.339. The first-order valence-corrected chi connectivity index (χ1v) is 9.96. The molecule has 0 fully saturated rings. The number of hydrogen-bond donors (Lipinski definition) is 4. The molecule has 9 heteroatoms. The number of nitrogens with zero attached hydrogens (tertiary/aromatic N) is 1. The molecule has 0 radical (unpaired) electrons. The van der Waals surface area contributed by atoms with E-state index in [0.717, 1.165) is 11.1 Å². The third-order valence-electron chi connectivity index (χ3n) is 4.91. The van der Waals surface area contributed by atoms with Crippen LogP contribution in [0.5, 0.6) is 0 Å². The van der Waals surface area contributed by atoms with Crippen molar-refractivity contribution in [2.24, 2.45) is 0 Å². The summed E-state index contributed by atoms with van der Waals surface area (Å²) in [5, 5.41) is 15.1. The van der Waals surface area contributed by atoms with E-state index in [-0.39, 0.29) is 17.1 Å². The van der Waals surface area contributed by atoms with Crippen LogP contribution < -0.4 is 21.9 Å². The van der Waals surface area contributed by atoms with Crippen molar-refractivity contribution in [2.45, 2.75) is 6.54 Å². The van der Waals surface area contributed by atoms with E-state index >= 15 is 0 Å². The Morgan fingerprint density at radius 1 is 0.939 bits per heavy atom. The Morgan fingerprint density at radius 3 is 2.33 bits per heavy atom. The molecule has 166 valence electrons. The maximum atomic E-state index is 13.4. The molecule has 0 bridgehead atoms. The topological polar surface area (TPSA) is 116 Å². The van der Waals surface area contributed by atoms with Gasteiger partial charge in [-0.25, -0.2) is 9.18 Å². The third-order valence-corrected chi connectivity index (χ3v) is 4.91. The van der Waals surface area contributed by atoms with Crippen molar-refractivity contribution in [3.63, 3.8) is 0 Å². The number of aromatic nitrogens is 2. The molecule has 4 N–H and O–H groups in total. The molecule has 1 amide bonds. The molecule has 33 heavy (non-hydrogen) atoms. The van der Waals surface area contributed by atoms with Gasteiger partial charge in [0.05, 0.1) is 0 Å². The Labute approximate surface area is 186 Å². The minimum absolute atomic E-state index is 0.0637. The summed E-state index contributed by atoms with van der Waals surface area (Å²) in [4.78, 5) is 39.4. The van der Waals surface area contributed by atoms with Crippen LogP contribution in [-0.2, 0) is 6.54 Å². The zero-order valence-electron chi connectivity index (χ0n) is 17.2. The Balaban J connectivity index is 1.61. The number of halogens is 1. The van der Waals surface area contributed by atoms with E-state index in [1.807, 2.05) is 42.5 Å². The molecule has 4 rings (SSSR count). The lowest BCUT2D eigenvalue weighted by Crippen LogP contribution is -2.40. The average Bonchev–Trinajstić information content (AvgIpc) is 2.82. The largest absolute Gasteiger partial charge is 0.421 e. The highest BCUT2D eigenvalue weighted by Gasteiger charge is 2.21. The summed E-state index contributed by atoms with van der Waals surface area (Å²) in [5.41, 5.74) is 0.138. The van der Waals surface area contributed by atoms with Gasteiger partial charge in [-0.05, 0) is 41.0 Å². The fraction of sp³-hybridized carbons (Fsp3) is 0.0417. The molecular formula is C24H19FN4O4. The summed E-state index contributed by atoms with van der Waals surface area (Å²) >= 11 is 0. The second-order valence-corrected chi connectivity index (χ2v) is 7.18. The van der Waals surface area contributed by atoms with Gasteiger partial charge < -0.3 is 15.8 Å². The molecule has 0 saturated carbocycles. The van der Waals surface area contributed by atoms with Gasteiger partial charge in [0.25, 0.3) is 5.91 Å². The molecule has 1 aromatic heterocycles. The van der Waals surface area contributed by atoms with Crippen LogP contribution in [0.25, 0.3) is 11.1 Å². The maximum absolute atomic E-state index is 13.4. The van der Waals surface area contributed by atoms with Crippen LogP contribution in [0.2, 0.25) is 0 Å². The number of hydrogen-bond acceptors (Lipinski definition) is 5. The normalized spacial score (nSPS) is 10.6. The monoisotopic (exact) mass is 446 g/mol. The Kier molecular flexibility index (Phi) is 6.03. The van der Waals surface area contributed by atoms with Crippen molar-refractivity contribution in [1.82, 2.24) is 15.0 Å². The lowest BCUT2D eigenvalue weighted by molar-refractivity contribution is 0.0940. The highest BCUT2D eigenvalue weighted by molar-refractivity contribution is 5.99. The summed E-state index contributed by atoms with van der Waals surface area (Å²) in [6.07, 6.45) is 0. The molecule has 3 aromatic carbocycles. The molecular weight excluding hydrogens is 427 g/mol. The first-order valence-electron chi connectivity index (χ1n) is 9.96. The number of rotatable bonds is 6.